The van der Waals surface area contributed by atoms with Crippen molar-refractivity contribution in [3.05, 3.63) is 83.4 Å². The van der Waals surface area contributed by atoms with E-state index in [2.05, 4.69) is 0 Å². The van der Waals surface area contributed by atoms with Crippen LogP contribution in [0.25, 0.3) is 10.8 Å². The largest absolute Gasteiger partial charge is 0.480 e. The Kier molecular flexibility index (Phi) is 5.52. The second kappa shape index (κ2) is 8.11. The highest BCUT2D eigenvalue weighted by Gasteiger charge is 2.41. The van der Waals surface area contributed by atoms with E-state index in [0.717, 1.165) is 29.7 Å². The molecule has 3 nitrogen and oxygen atoms in total. The summed E-state index contributed by atoms with van der Waals surface area (Å²) in [7, 11) is 0. The van der Waals surface area contributed by atoms with Crippen LogP contribution in [0.5, 0.6) is 0 Å². The number of alkyl halides is 3. The van der Waals surface area contributed by atoms with Gasteiger partial charge >= 0.3 is 12.1 Å². The zero-order valence-electron chi connectivity index (χ0n) is 16.3. The first kappa shape index (κ1) is 20.4. The van der Waals surface area contributed by atoms with Crippen molar-refractivity contribution in [2.75, 3.05) is 6.54 Å². The van der Waals surface area contributed by atoms with Crippen molar-refractivity contribution in [3.63, 3.8) is 0 Å². The lowest BCUT2D eigenvalue weighted by atomic mass is 9.87. The number of benzene rings is 3. The van der Waals surface area contributed by atoms with Crippen LogP contribution in [0.3, 0.4) is 0 Å². The summed E-state index contributed by atoms with van der Waals surface area (Å²) in [5.74, 6) is -0.996. The van der Waals surface area contributed by atoms with E-state index in [1.165, 1.54) is 12.1 Å². The molecule has 2 atom stereocenters. The summed E-state index contributed by atoms with van der Waals surface area (Å²) in [6.07, 6.45) is -2.62. The molecule has 3 aromatic carbocycles. The van der Waals surface area contributed by atoms with Crippen molar-refractivity contribution in [2.24, 2.45) is 0 Å². The van der Waals surface area contributed by atoms with E-state index in [9.17, 15) is 23.1 Å². The molecule has 3 aromatic rings. The zero-order valence-corrected chi connectivity index (χ0v) is 16.3. The van der Waals surface area contributed by atoms with E-state index in [1.807, 2.05) is 42.5 Å². The van der Waals surface area contributed by atoms with E-state index >= 15 is 0 Å². The van der Waals surface area contributed by atoms with Gasteiger partial charge in [-0.2, -0.15) is 13.2 Å². The number of hydrogen-bond acceptors (Lipinski definition) is 2. The maximum absolute atomic E-state index is 13.9. The Hall–Kier alpha value is -2.86. The van der Waals surface area contributed by atoms with Crippen molar-refractivity contribution < 1.29 is 23.1 Å². The fraction of sp³-hybridized carbons (Fsp3) is 0.292. The molecule has 0 aromatic heterocycles. The van der Waals surface area contributed by atoms with Crippen LogP contribution in [0, 0.1) is 0 Å². The van der Waals surface area contributed by atoms with Crippen molar-refractivity contribution in [2.45, 2.75) is 37.5 Å². The summed E-state index contributed by atoms with van der Waals surface area (Å²) >= 11 is 0. The number of piperidine rings is 1. The maximum Gasteiger partial charge on any atom is 0.416 e. The van der Waals surface area contributed by atoms with E-state index in [0.29, 0.717) is 18.5 Å². The summed E-state index contributed by atoms with van der Waals surface area (Å²) in [6, 6.07) is 16.9. The summed E-state index contributed by atoms with van der Waals surface area (Å²) < 4.78 is 41.8. The predicted octanol–water partition coefficient (Wildman–Crippen LogP) is 5.89. The summed E-state index contributed by atoms with van der Waals surface area (Å²) in [5.41, 5.74) is 0.0603. The minimum absolute atomic E-state index is 0.0921. The van der Waals surface area contributed by atoms with Crippen LogP contribution in [-0.4, -0.2) is 28.6 Å². The third kappa shape index (κ3) is 3.79. The number of aliphatic carboxylic acids is 1. The molecule has 0 spiro atoms. The average molecular weight is 413 g/mol. The van der Waals surface area contributed by atoms with Crippen LogP contribution in [0.2, 0.25) is 0 Å². The smallest absolute Gasteiger partial charge is 0.416 e. The second-order valence-corrected chi connectivity index (χ2v) is 7.64. The molecule has 1 saturated heterocycles. The number of carboxylic acid groups (broad SMARTS) is 1. The molecule has 0 radical (unpaired) electrons. The Bertz CT molecular complexity index is 1060. The molecule has 6 heteroatoms. The Morgan fingerprint density at radius 3 is 2.37 bits per heavy atom. The van der Waals surface area contributed by atoms with Crippen molar-refractivity contribution in [1.29, 1.82) is 0 Å². The lowest BCUT2D eigenvalue weighted by Crippen LogP contribution is -2.47. The van der Waals surface area contributed by atoms with Gasteiger partial charge in [-0.15, -0.1) is 0 Å². The minimum atomic E-state index is -4.53. The van der Waals surface area contributed by atoms with Gasteiger partial charge in [-0.05, 0) is 47.4 Å². The van der Waals surface area contributed by atoms with Crippen LogP contribution in [-0.2, 0) is 11.0 Å². The lowest BCUT2D eigenvalue weighted by Gasteiger charge is -2.40. The third-order valence-electron chi connectivity index (χ3n) is 5.84. The molecule has 30 heavy (non-hydrogen) atoms. The van der Waals surface area contributed by atoms with Gasteiger partial charge in [0, 0.05) is 0 Å². The van der Waals surface area contributed by atoms with Crippen LogP contribution in [0.1, 0.15) is 42.0 Å². The molecular weight excluding hydrogens is 391 g/mol. The Labute approximate surface area is 172 Å². The summed E-state index contributed by atoms with van der Waals surface area (Å²) in [4.78, 5) is 13.7. The first-order chi connectivity index (χ1) is 14.4. The number of likely N-dealkylation sites (tertiary alicyclic amines) is 1. The van der Waals surface area contributed by atoms with E-state index < -0.39 is 29.8 Å². The van der Waals surface area contributed by atoms with Crippen LogP contribution < -0.4 is 0 Å². The zero-order chi connectivity index (χ0) is 21.3. The van der Waals surface area contributed by atoms with E-state index in [-0.39, 0.29) is 5.56 Å². The van der Waals surface area contributed by atoms with E-state index in [1.54, 1.807) is 11.0 Å². The molecule has 4 rings (SSSR count). The van der Waals surface area contributed by atoms with Gasteiger partial charge < -0.3 is 5.11 Å². The predicted molar refractivity (Wildman–Crippen MR) is 109 cm³/mol. The number of carboxylic acids is 1. The molecular formula is C24H22F3NO2. The highest BCUT2D eigenvalue weighted by molar-refractivity contribution is 5.86. The fourth-order valence-electron chi connectivity index (χ4n) is 4.54. The molecule has 0 aliphatic carbocycles. The van der Waals surface area contributed by atoms with Gasteiger partial charge in [-0.1, -0.05) is 67.1 Å². The van der Waals surface area contributed by atoms with Crippen molar-refractivity contribution in [1.82, 2.24) is 4.90 Å². The lowest BCUT2D eigenvalue weighted by molar-refractivity contribution is -0.145. The summed E-state index contributed by atoms with van der Waals surface area (Å²) in [6.45, 7) is 0.428. The first-order valence-electron chi connectivity index (χ1n) is 10.0. The van der Waals surface area contributed by atoms with E-state index in [4.69, 9.17) is 0 Å². The van der Waals surface area contributed by atoms with Gasteiger partial charge in [0.2, 0.25) is 0 Å². The minimum Gasteiger partial charge on any atom is -0.480 e. The molecule has 1 aliphatic rings. The van der Waals surface area contributed by atoms with Gasteiger partial charge in [-0.25, -0.2) is 0 Å². The number of halogens is 3. The first-order valence-corrected chi connectivity index (χ1v) is 10.0. The molecule has 0 saturated carbocycles. The van der Waals surface area contributed by atoms with Crippen LogP contribution in [0.15, 0.2) is 66.7 Å². The van der Waals surface area contributed by atoms with Gasteiger partial charge in [0.05, 0.1) is 11.6 Å². The fourth-order valence-corrected chi connectivity index (χ4v) is 4.54. The number of fused-ring (bicyclic) bond motifs is 1. The van der Waals surface area contributed by atoms with Crippen LogP contribution in [0.4, 0.5) is 13.2 Å². The Morgan fingerprint density at radius 1 is 0.933 bits per heavy atom. The molecule has 156 valence electrons. The molecule has 1 heterocycles. The molecule has 1 aliphatic heterocycles. The average Bonchev–Trinajstić information content (AvgIpc) is 2.74. The van der Waals surface area contributed by atoms with Gasteiger partial charge in [0.25, 0.3) is 0 Å². The Morgan fingerprint density at radius 2 is 1.60 bits per heavy atom. The molecule has 0 amide bonds. The Balaban J connectivity index is 1.98. The van der Waals surface area contributed by atoms with Crippen LogP contribution >= 0.6 is 0 Å². The maximum atomic E-state index is 13.9. The monoisotopic (exact) mass is 413 g/mol. The van der Waals surface area contributed by atoms with Crippen molar-refractivity contribution >= 4 is 16.7 Å². The highest BCUT2D eigenvalue weighted by atomic mass is 19.4. The van der Waals surface area contributed by atoms with Gasteiger partial charge in [0.1, 0.15) is 6.04 Å². The quantitative estimate of drug-likeness (QED) is 0.580. The SMILES string of the molecule is O=C(O)C1CCCCN1C(c1ccccc1C(F)(F)F)c1cccc2ccccc12. The van der Waals surface area contributed by atoms with Gasteiger partial charge in [0.15, 0.2) is 0 Å². The third-order valence-corrected chi connectivity index (χ3v) is 5.84. The molecule has 1 fully saturated rings. The molecule has 1 N–H and O–H groups in total. The number of nitrogens with zero attached hydrogens (tertiary/aromatic N) is 1. The molecule has 0 bridgehead atoms. The number of carbonyl (C=O) groups is 1. The normalized spacial score (nSPS) is 19.0. The standard InChI is InChI=1S/C24H22F3NO2/c25-24(26,27)20-13-4-3-11-19(20)22(28-15-6-5-14-21(28)23(29)30)18-12-7-9-16-8-1-2-10-17(16)18/h1-4,7-13,21-22H,5-6,14-15H2,(H,29,30). The summed E-state index contributed by atoms with van der Waals surface area (Å²) in [5, 5.41) is 11.6. The topological polar surface area (TPSA) is 40.5 Å². The molecule has 2 unspecified atom stereocenters. The highest BCUT2D eigenvalue weighted by Crippen LogP contribution is 2.42. The van der Waals surface area contributed by atoms with Crippen molar-refractivity contribution in [3.8, 4) is 0 Å². The second-order valence-electron chi connectivity index (χ2n) is 7.64. The number of rotatable bonds is 4. The number of hydrogen-bond donors (Lipinski definition) is 1. The van der Waals surface area contributed by atoms with Gasteiger partial charge in [-0.3, -0.25) is 9.69 Å².